The first kappa shape index (κ1) is 22.7. The van der Waals surface area contributed by atoms with Crippen molar-refractivity contribution in [1.82, 2.24) is 25.6 Å². The number of carbonyl (C=O) groups is 1. The van der Waals surface area contributed by atoms with Crippen molar-refractivity contribution in [2.75, 3.05) is 25.0 Å². The van der Waals surface area contributed by atoms with E-state index in [9.17, 15) is 18.0 Å². The van der Waals surface area contributed by atoms with Gasteiger partial charge in [-0.05, 0) is 30.8 Å². The number of nitrogens with one attached hydrogen (secondary N) is 2. The number of alkyl halides is 3. The summed E-state index contributed by atoms with van der Waals surface area (Å²) in [6.45, 7) is 5.44. The van der Waals surface area contributed by atoms with Crippen molar-refractivity contribution >= 4 is 22.5 Å². The Morgan fingerprint density at radius 3 is 2.45 bits per heavy atom. The highest BCUT2D eigenvalue weighted by Crippen LogP contribution is 2.31. The Labute approximate surface area is 180 Å². The van der Waals surface area contributed by atoms with Crippen molar-refractivity contribution in [1.29, 1.82) is 0 Å². The van der Waals surface area contributed by atoms with Crippen LogP contribution < -0.4 is 10.6 Å². The highest BCUT2D eigenvalue weighted by molar-refractivity contribution is 7.18. The van der Waals surface area contributed by atoms with Crippen LogP contribution in [0.25, 0.3) is 10.7 Å². The molecule has 0 spiro atoms. The fraction of sp³-hybridized carbons (Fsp3) is 0.368. The van der Waals surface area contributed by atoms with Crippen LogP contribution >= 0.6 is 11.3 Å². The highest BCUT2D eigenvalue weighted by atomic mass is 32.1. The van der Waals surface area contributed by atoms with Crippen molar-refractivity contribution in [3.8, 4) is 10.7 Å². The SMILES string of the molecule is CCN(CC)C(CNC(=O)Nc1nnc(-c2ccon2)s1)c1ccc(C(F)(F)F)cc1. The second-order valence-electron chi connectivity index (χ2n) is 6.49. The molecule has 12 heteroatoms. The zero-order valence-corrected chi connectivity index (χ0v) is 17.6. The Hall–Kier alpha value is -2.99. The molecule has 8 nitrogen and oxygen atoms in total. The van der Waals surface area contributed by atoms with Crippen LogP contribution in [0, 0.1) is 0 Å². The minimum Gasteiger partial charge on any atom is -0.364 e. The van der Waals surface area contributed by atoms with Crippen LogP contribution in [0.3, 0.4) is 0 Å². The minimum atomic E-state index is -4.39. The van der Waals surface area contributed by atoms with Gasteiger partial charge < -0.3 is 9.84 Å². The predicted octanol–water partition coefficient (Wildman–Crippen LogP) is 4.42. The van der Waals surface area contributed by atoms with E-state index in [1.165, 1.54) is 18.4 Å². The van der Waals surface area contributed by atoms with Crippen molar-refractivity contribution in [2.45, 2.75) is 26.1 Å². The lowest BCUT2D eigenvalue weighted by molar-refractivity contribution is -0.137. The number of rotatable bonds is 8. The molecule has 0 aliphatic heterocycles. The number of hydrogen-bond donors (Lipinski definition) is 2. The Balaban J connectivity index is 1.65. The molecule has 0 radical (unpaired) electrons. The van der Waals surface area contributed by atoms with E-state index in [4.69, 9.17) is 4.52 Å². The number of benzene rings is 1. The van der Waals surface area contributed by atoms with Gasteiger partial charge >= 0.3 is 12.2 Å². The number of likely N-dealkylation sites (N-methyl/N-ethyl adjacent to an activating group) is 1. The van der Waals surface area contributed by atoms with E-state index < -0.39 is 17.8 Å². The van der Waals surface area contributed by atoms with Crippen LogP contribution in [-0.4, -0.2) is 45.9 Å². The van der Waals surface area contributed by atoms with Crippen molar-refractivity contribution in [3.05, 3.63) is 47.7 Å². The Bertz CT molecular complexity index is 971. The Kier molecular flexibility index (Phi) is 7.23. The van der Waals surface area contributed by atoms with Gasteiger partial charge in [-0.1, -0.05) is 42.5 Å². The molecule has 0 bridgehead atoms. The van der Waals surface area contributed by atoms with Gasteiger partial charge in [-0.15, -0.1) is 10.2 Å². The third-order valence-electron chi connectivity index (χ3n) is 4.63. The summed E-state index contributed by atoms with van der Waals surface area (Å²) in [7, 11) is 0. The van der Waals surface area contributed by atoms with Crippen molar-refractivity contribution in [3.63, 3.8) is 0 Å². The predicted molar refractivity (Wildman–Crippen MR) is 110 cm³/mol. The van der Waals surface area contributed by atoms with Crippen LogP contribution in [0.5, 0.6) is 0 Å². The summed E-state index contributed by atoms with van der Waals surface area (Å²) in [5.74, 6) is 0. The average molecular weight is 454 g/mol. The molecule has 1 atom stereocenters. The maximum absolute atomic E-state index is 12.9. The van der Waals surface area contributed by atoms with Gasteiger partial charge in [-0.25, -0.2) is 4.79 Å². The van der Waals surface area contributed by atoms with E-state index in [2.05, 4.69) is 30.9 Å². The molecule has 1 unspecified atom stereocenters. The lowest BCUT2D eigenvalue weighted by Gasteiger charge is -2.30. The summed E-state index contributed by atoms with van der Waals surface area (Å²) in [5, 5.41) is 17.7. The summed E-state index contributed by atoms with van der Waals surface area (Å²) in [5.41, 5.74) is 0.482. The zero-order valence-electron chi connectivity index (χ0n) is 16.8. The number of carbonyl (C=O) groups excluding carboxylic acids is 1. The molecule has 2 aromatic heterocycles. The van der Waals surface area contributed by atoms with E-state index in [1.807, 2.05) is 13.8 Å². The topological polar surface area (TPSA) is 96.2 Å². The number of amides is 2. The normalized spacial score (nSPS) is 12.7. The summed E-state index contributed by atoms with van der Waals surface area (Å²) >= 11 is 1.14. The molecule has 2 amide bonds. The number of hydrogen-bond acceptors (Lipinski definition) is 7. The van der Waals surface area contributed by atoms with E-state index in [1.54, 1.807) is 6.07 Å². The summed E-state index contributed by atoms with van der Waals surface area (Å²) in [6.07, 6.45) is -2.99. The first-order valence-electron chi connectivity index (χ1n) is 9.52. The first-order chi connectivity index (χ1) is 14.8. The van der Waals surface area contributed by atoms with Gasteiger partial charge in [0.2, 0.25) is 5.13 Å². The van der Waals surface area contributed by atoms with Crippen LogP contribution in [-0.2, 0) is 6.18 Å². The van der Waals surface area contributed by atoms with Gasteiger partial charge in [0.1, 0.15) is 12.0 Å². The summed E-state index contributed by atoms with van der Waals surface area (Å²) < 4.78 is 43.4. The van der Waals surface area contributed by atoms with Crippen LogP contribution in [0.4, 0.5) is 23.1 Å². The lowest BCUT2D eigenvalue weighted by atomic mass is 10.0. The van der Waals surface area contributed by atoms with E-state index >= 15 is 0 Å². The largest absolute Gasteiger partial charge is 0.416 e. The molecule has 0 saturated heterocycles. The quantitative estimate of drug-likeness (QED) is 0.523. The van der Waals surface area contributed by atoms with Gasteiger partial charge in [0.05, 0.1) is 11.6 Å². The maximum Gasteiger partial charge on any atom is 0.416 e. The number of urea groups is 1. The maximum atomic E-state index is 12.9. The summed E-state index contributed by atoms with van der Waals surface area (Å²) in [4.78, 5) is 14.4. The van der Waals surface area contributed by atoms with Crippen LogP contribution in [0.2, 0.25) is 0 Å². The summed E-state index contributed by atoms with van der Waals surface area (Å²) in [6, 6.07) is 5.84. The second kappa shape index (κ2) is 9.88. The van der Waals surface area contributed by atoms with Crippen LogP contribution in [0.1, 0.15) is 31.0 Å². The number of nitrogens with zero attached hydrogens (tertiary/aromatic N) is 4. The molecular formula is C19H21F3N6O2S. The fourth-order valence-corrected chi connectivity index (χ4v) is 3.75. The molecule has 3 rings (SSSR count). The average Bonchev–Trinajstić information content (AvgIpc) is 3.42. The van der Waals surface area contributed by atoms with E-state index in [0.29, 0.717) is 29.4 Å². The second-order valence-corrected chi connectivity index (χ2v) is 7.47. The van der Waals surface area contributed by atoms with Gasteiger partial charge in [-0.3, -0.25) is 10.2 Å². The lowest BCUT2D eigenvalue weighted by Crippen LogP contribution is -2.39. The van der Waals surface area contributed by atoms with Crippen LogP contribution in [0.15, 0.2) is 41.1 Å². The molecule has 0 aliphatic carbocycles. The fourth-order valence-electron chi connectivity index (χ4n) is 3.05. The first-order valence-corrected chi connectivity index (χ1v) is 10.3. The number of anilines is 1. The number of halogens is 3. The standard InChI is InChI=1S/C19H21F3N6O2S/c1-3-28(4-2)15(12-5-7-13(8-6-12)19(20,21)22)11-23-17(29)24-18-26-25-16(31-18)14-9-10-30-27-14/h5-10,15H,3-4,11H2,1-2H3,(H2,23,24,26,29). The highest BCUT2D eigenvalue weighted by Gasteiger charge is 2.30. The molecule has 3 aromatic rings. The molecule has 2 heterocycles. The smallest absolute Gasteiger partial charge is 0.364 e. The van der Waals surface area contributed by atoms with Gasteiger partial charge in [0.25, 0.3) is 0 Å². The monoisotopic (exact) mass is 454 g/mol. The molecular weight excluding hydrogens is 433 g/mol. The van der Waals surface area contributed by atoms with Crippen molar-refractivity contribution < 1.29 is 22.5 Å². The Morgan fingerprint density at radius 2 is 1.87 bits per heavy atom. The molecule has 0 saturated carbocycles. The molecule has 31 heavy (non-hydrogen) atoms. The third kappa shape index (κ3) is 5.79. The zero-order chi connectivity index (χ0) is 22.4. The molecule has 0 fully saturated rings. The molecule has 166 valence electrons. The molecule has 2 N–H and O–H groups in total. The Morgan fingerprint density at radius 1 is 1.16 bits per heavy atom. The molecule has 1 aromatic carbocycles. The third-order valence-corrected chi connectivity index (χ3v) is 5.50. The minimum absolute atomic E-state index is 0.202. The van der Waals surface area contributed by atoms with Crippen molar-refractivity contribution in [2.24, 2.45) is 0 Å². The van der Waals surface area contributed by atoms with Gasteiger partial charge in [0.15, 0.2) is 5.01 Å². The van der Waals surface area contributed by atoms with Gasteiger partial charge in [-0.2, -0.15) is 13.2 Å². The number of aromatic nitrogens is 3. The van der Waals surface area contributed by atoms with E-state index in [-0.39, 0.29) is 17.7 Å². The van der Waals surface area contributed by atoms with E-state index in [0.717, 1.165) is 23.5 Å². The van der Waals surface area contributed by atoms with Gasteiger partial charge in [0, 0.05) is 12.6 Å². The molecule has 0 aliphatic rings.